The van der Waals surface area contributed by atoms with Gasteiger partial charge in [0, 0.05) is 12.8 Å². The standard InChI is InChI=1S/C43H74O5/c1-3-5-7-9-11-13-15-17-19-20-21-22-24-25-27-29-31-33-35-37-42(45)47-40-41(39-44)48-43(46)38-36-34-32-30-28-26-23-18-16-14-12-10-8-6-4-2/h5,7,11,13,17,19,21-22,25,27,41,44H,3-4,6,8-10,12,14-16,18,20,23-24,26,28-40H2,1-2H3/b7-5+,13-11+,19-17+,22-21+,27-25+/t41-/m0/s1. The predicted octanol–water partition coefficient (Wildman–Crippen LogP) is 12.4. The summed E-state index contributed by atoms with van der Waals surface area (Å²) in [5.74, 6) is -0.628. The summed E-state index contributed by atoms with van der Waals surface area (Å²) in [5.41, 5.74) is 0. The highest BCUT2D eigenvalue weighted by molar-refractivity contribution is 5.70. The van der Waals surface area contributed by atoms with Gasteiger partial charge in [-0.1, -0.05) is 171 Å². The molecule has 1 atom stereocenters. The van der Waals surface area contributed by atoms with Gasteiger partial charge in [-0.2, -0.15) is 0 Å². The van der Waals surface area contributed by atoms with Gasteiger partial charge in [0.15, 0.2) is 6.10 Å². The fourth-order valence-electron chi connectivity index (χ4n) is 5.34. The molecule has 0 aliphatic carbocycles. The second kappa shape index (κ2) is 39.0. The molecular weight excluding hydrogens is 596 g/mol. The lowest BCUT2D eigenvalue weighted by Crippen LogP contribution is -2.28. The first-order chi connectivity index (χ1) is 23.6. The van der Waals surface area contributed by atoms with Crippen LogP contribution in [0.2, 0.25) is 0 Å². The van der Waals surface area contributed by atoms with Crippen LogP contribution in [0, 0.1) is 0 Å². The highest BCUT2D eigenvalue weighted by atomic mass is 16.6. The number of allylic oxidation sites excluding steroid dienone is 10. The van der Waals surface area contributed by atoms with Gasteiger partial charge in [0.05, 0.1) is 6.61 Å². The molecule has 0 bridgehead atoms. The van der Waals surface area contributed by atoms with E-state index in [1.165, 1.54) is 77.0 Å². The fraction of sp³-hybridized carbons (Fsp3) is 0.721. The lowest BCUT2D eigenvalue weighted by molar-refractivity contribution is -0.161. The van der Waals surface area contributed by atoms with Gasteiger partial charge in [0.2, 0.25) is 0 Å². The minimum Gasteiger partial charge on any atom is -0.462 e. The molecule has 1 N–H and O–H groups in total. The summed E-state index contributed by atoms with van der Waals surface area (Å²) in [4.78, 5) is 24.2. The van der Waals surface area contributed by atoms with Gasteiger partial charge in [0.25, 0.3) is 0 Å². The number of hydrogen-bond donors (Lipinski definition) is 1. The Labute approximate surface area is 296 Å². The van der Waals surface area contributed by atoms with Crippen molar-refractivity contribution in [1.82, 2.24) is 0 Å². The normalized spacial score (nSPS) is 12.8. The van der Waals surface area contributed by atoms with Crippen molar-refractivity contribution in [3.8, 4) is 0 Å². The number of rotatable bonds is 35. The van der Waals surface area contributed by atoms with Crippen LogP contribution in [0.15, 0.2) is 60.8 Å². The van der Waals surface area contributed by atoms with Crippen molar-refractivity contribution in [1.29, 1.82) is 0 Å². The van der Waals surface area contributed by atoms with E-state index in [9.17, 15) is 14.7 Å². The highest BCUT2D eigenvalue weighted by Gasteiger charge is 2.16. The van der Waals surface area contributed by atoms with Crippen molar-refractivity contribution in [2.24, 2.45) is 0 Å². The molecule has 0 aliphatic heterocycles. The second-order valence-corrected chi connectivity index (χ2v) is 13.0. The van der Waals surface area contributed by atoms with Crippen molar-refractivity contribution < 1.29 is 24.2 Å². The Morgan fingerprint density at radius 1 is 0.500 bits per heavy atom. The molecule has 0 amide bonds. The van der Waals surface area contributed by atoms with E-state index >= 15 is 0 Å². The highest BCUT2D eigenvalue weighted by Crippen LogP contribution is 2.14. The Balaban J connectivity index is 3.63. The van der Waals surface area contributed by atoms with Gasteiger partial charge in [-0.15, -0.1) is 0 Å². The third kappa shape index (κ3) is 36.4. The van der Waals surface area contributed by atoms with E-state index in [4.69, 9.17) is 9.47 Å². The monoisotopic (exact) mass is 671 g/mol. The Hall–Kier alpha value is -2.40. The summed E-state index contributed by atoms with van der Waals surface area (Å²) in [7, 11) is 0. The zero-order valence-electron chi connectivity index (χ0n) is 31.2. The predicted molar refractivity (Wildman–Crippen MR) is 205 cm³/mol. The fourth-order valence-corrected chi connectivity index (χ4v) is 5.34. The van der Waals surface area contributed by atoms with Crippen LogP contribution in [-0.4, -0.2) is 36.4 Å². The molecule has 0 aromatic heterocycles. The summed E-state index contributed by atoms with van der Waals surface area (Å²) in [5, 5.41) is 9.55. The van der Waals surface area contributed by atoms with Crippen LogP contribution in [0.4, 0.5) is 0 Å². The van der Waals surface area contributed by atoms with E-state index in [0.717, 1.165) is 77.0 Å². The van der Waals surface area contributed by atoms with Crippen LogP contribution < -0.4 is 0 Å². The first kappa shape index (κ1) is 45.6. The molecule has 0 rings (SSSR count). The maximum atomic E-state index is 12.2. The minimum absolute atomic E-state index is 0.0834. The van der Waals surface area contributed by atoms with Gasteiger partial charge >= 0.3 is 11.9 Å². The molecule has 0 heterocycles. The van der Waals surface area contributed by atoms with Gasteiger partial charge in [-0.25, -0.2) is 0 Å². The van der Waals surface area contributed by atoms with E-state index in [1.54, 1.807) is 0 Å². The summed E-state index contributed by atoms with van der Waals surface area (Å²) in [6.07, 6.45) is 49.9. The Morgan fingerprint density at radius 2 is 0.896 bits per heavy atom. The largest absolute Gasteiger partial charge is 0.462 e. The molecule has 5 heteroatoms. The zero-order valence-corrected chi connectivity index (χ0v) is 31.2. The quantitative estimate of drug-likeness (QED) is 0.0413. The van der Waals surface area contributed by atoms with Gasteiger partial charge in [0.1, 0.15) is 6.61 Å². The summed E-state index contributed by atoms with van der Waals surface area (Å²) >= 11 is 0. The molecule has 0 spiro atoms. The van der Waals surface area contributed by atoms with Gasteiger partial charge in [-0.3, -0.25) is 9.59 Å². The molecule has 0 saturated heterocycles. The van der Waals surface area contributed by atoms with E-state index in [-0.39, 0.29) is 25.2 Å². The lowest BCUT2D eigenvalue weighted by Gasteiger charge is -2.15. The Morgan fingerprint density at radius 3 is 1.35 bits per heavy atom. The average molecular weight is 671 g/mol. The number of esters is 2. The van der Waals surface area contributed by atoms with Crippen molar-refractivity contribution >= 4 is 11.9 Å². The van der Waals surface area contributed by atoms with E-state index in [2.05, 4.69) is 74.6 Å². The van der Waals surface area contributed by atoms with E-state index in [0.29, 0.717) is 12.8 Å². The molecule has 0 aromatic carbocycles. The Bertz CT molecular complexity index is 853. The van der Waals surface area contributed by atoms with Crippen molar-refractivity contribution in [3.63, 3.8) is 0 Å². The molecule has 0 aromatic rings. The summed E-state index contributed by atoms with van der Waals surface area (Å²) in [6.45, 7) is 3.99. The molecule has 276 valence electrons. The number of unbranched alkanes of at least 4 members (excludes halogenated alkanes) is 17. The van der Waals surface area contributed by atoms with Crippen LogP contribution in [-0.2, 0) is 19.1 Å². The minimum atomic E-state index is -0.784. The lowest BCUT2D eigenvalue weighted by atomic mass is 10.0. The third-order valence-electron chi connectivity index (χ3n) is 8.33. The zero-order chi connectivity index (χ0) is 35.0. The molecule has 5 nitrogen and oxygen atoms in total. The Kier molecular flexibility index (Phi) is 37.1. The van der Waals surface area contributed by atoms with E-state index < -0.39 is 6.10 Å². The topological polar surface area (TPSA) is 72.8 Å². The van der Waals surface area contributed by atoms with Crippen LogP contribution >= 0.6 is 0 Å². The molecule has 0 aliphatic rings. The first-order valence-corrected chi connectivity index (χ1v) is 19.8. The van der Waals surface area contributed by atoms with Crippen molar-refractivity contribution in [2.45, 2.75) is 187 Å². The molecule has 0 fully saturated rings. The number of carbonyl (C=O) groups is 2. The number of hydrogen-bond acceptors (Lipinski definition) is 5. The number of carbonyl (C=O) groups excluding carboxylic acids is 2. The summed E-state index contributed by atoms with van der Waals surface area (Å²) in [6, 6.07) is 0. The number of aliphatic hydroxyl groups is 1. The van der Waals surface area contributed by atoms with Gasteiger partial charge < -0.3 is 14.6 Å². The SMILES string of the molecule is CC/C=C/C/C=C/C/C=C/C/C=C/C/C=C/CCCCCC(=O)OC[C@H](CO)OC(=O)CCCCCCCCCCCCCCCCC. The van der Waals surface area contributed by atoms with Gasteiger partial charge in [-0.05, 0) is 57.8 Å². The maximum Gasteiger partial charge on any atom is 0.306 e. The third-order valence-corrected chi connectivity index (χ3v) is 8.33. The molecule has 0 radical (unpaired) electrons. The van der Waals surface area contributed by atoms with Crippen LogP contribution in [0.1, 0.15) is 181 Å². The molecular formula is C43H74O5. The molecule has 0 saturated carbocycles. The van der Waals surface area contributed by atoms with Crippen LogP contribution in [0.25, 0.3) is 0 Å². The number of ether oxygens (including phenoxy) is 2. The first-order valence-electron chi connectivity index (χ1n) is 19.8. The van der Waals surface area contributed by atoms with Crippen molar-refractivity contribution in [3.05, 3.63) is 60.8 Å². The van der Waals surface area contributed by atoms with E-state index in [1.807, 2.05) is 0 Å². The summed E-state index contributed by atoms with van der Waals surface area (Å²) < 4.78 is 10.6. The number of aliphatic hydroxyl groups excluding tert-OH is 1. The van der Waals surface area contributed by atoms with Crippen LogP contribution in [0.3, 0.4) is 0 Å². The maximum absolute atomic E-state index is 12.2. The molecule has 48 heavy (non-hydrogen) atoms. The molecule has 0 unspecified atom stereocenters. The van der Waals surface area contributed by atoms with Crippen LogP contribution in [0.5, 0.6) is 0 Å². The average Bonchev–Trinajstić information content (AvgIpc) is 3.09. The second-order valence-electron chi connectivity index (χ2n) is 13.0. The smallest absolute Gasteiger partial charge is 0.306 e. The van der Waals surface area contributed by atoms with Crippen molar-refractivity contribution in [2.75, 3.05) is 13.2 Å².